The lowest BCUT2D eigenvalue weighted by Gasteiger charge is -2.34. The Hall–Kier alpha value is -2.12. The van der Waals surface area contributed by atoms with E-state index in [4.69, 9.17) is 9.47 Å². The van der Waals surface area contributed by atoms with Gasteiger partial charge in [-0.3, -0.25) is 19.4 Å². The summed E-state index contributed by atoms with van der Waals surface area (Å²) in [5.41, 5.74) is 2.06. The summed E-state index contributed by atoms with van der Waals surface area (Å²) in [5.74, 6) is -0.620. The van der Waals surface area contributed by atoms with Crippen LogP contribution in [0.5, 0.6) is 0 Å². The maximum Gasteiger partial charge on any atom is 0.313 e. The standard InChI is InChI=1S/C30H42N2O4.2ClH/c1-3-11-27(25-13-7-5-8-14-25)29(33)35-23-21-31-17-19-32(20-18-31)22-24-36-30(34)28(12-4-2)26-15-9-6-10-16-26;;/h5-10,13-16,27-28H,3-4,11-12,17-24H2,1-2H3;2*1H. The van der Waals surface area contributed by atoms with Crippen molar-refractivity contribution in [3.63, 3.8) is 0 Å². The molecule has 3 rings (SSSR count). The van der Waals surface area contributed by atoms with Crippen LogP contribution in [0, 0.1) is 0 Å². The van der Waals surface area contributed by atoms with E-state index in [2.05, 4.69) is 23.6 Å². The molecule has 1 aliphatic rings. The number of ether oxygens (including phenoxy) is 2. The quantitative estimate of drug-likeness (QED) is 0.273. The van der Waals surface area contributed by atoms with Gasteiger partial charge in [-0.1, -0.05) is 87.4 Å². The minimum atomic E-state index is -0.186. The number of nitrogens with zero attached hydrogens (tertiary/aromatic N) is 2. The number of halogens is 2. The monoisotopic (exact) mass is 566 g/mol. The van der Waals surface area contributed by atoms with Gasteiger partial charge in [0.15, 0.2) is 0 Å². The Labute approximate surface area is 240 Å². The van der Waals surface area contributed by atoms with Gasteiger partial charge in [0.25, 0.3) is 0 Å². The molecule has 1 heterocycles. The highest BCUT2D eigenvalue weighted by Gasteiger charge is 2.23. The van der Waals surface area contributed by atoms with E-state index in [1.54, 1.807) is 0 Å². The largest absolute Gasteiger partial charge is 0.464 e. The van der Waals surface area contributed by atoms with Gasteiger partial charge in [-0.2, -0.15) is 0 Å². The predicted molar refractivity (Wildman–Crippen MR) is 157 cm³/mol. The van der Waals surface area contributed by atoms with Gasteiger partial charge in [-0.05, 0) is 24.0 Å². The highest BCUT2D eigenvalue weighted by Crippen LogP contribution is 2.23. The fourth-order valence-corrected chi connectivity index (χ4v) is 4.78. The summed E-state index contributed by atoms with van der Waals surface area (Å²) in [7, 11) is 0. The molecule has 0 radical (unpaired) electrons. The van der Waals surface area contributed by atoms with Crippen LogP contribution in [0.15, 0.2) is 60.7 Å². The van der Waals surface area contributed by atoms with Crippen LogP contribution >= 0.6 is 24.8 Å². The van der Waals surface area contributed by atoms with E-state index in [-0.39, 0.29) is 48.6 Å². The number of carbonyl (C=O) groups excluding carboxylic acids is 2. The first kappa shape index (κ1) is 33.9. The summed E-state index contributed by atoms with van der Waals surface area (Å²) in [6.07, 6.45) is 3.49. The fraction of sp³-hybridized carbons (Fsp3) is 0.533. The van der Waals surface area contributed by atoms with E-state index < -0.39 is 0 Å². The van der Waals surface area contributed by atoms with Crippen molar-refractivity contribution in [3.8, 4) is 0 Å². The van der Waals surface area contributed by atoms with Crippen molar-refractivity contribution in [1.82, 2.24) is 9.80 Å². The summed E-state index contributed by atoms with van der Waals surface area (Å²) < 4.78 is 11.3. The Kier molecular flexibility index (Phi) is 17.0. The third-order valence-corrected chi connectivity index (χ3v) is 6.90. The van der Waals surface area contributed by atoms with Gasteiger partial charge < -0.3 is 9.47 Å². The third-order valence-electron chi connectivity index (χ3n) is 6.90. The van der Waals surface area contributed by atoms with Crippen molar-refractivity contribution in [3.05, 3.63) is 71.8 Å². The molecule has 38 heavy (non-hydrogen) atoms. The van der Waals surface area contributed by atoms with Crippen LogP contribution in [-0.4, -0.2) is 74.2 Å². The van der Waals surface area contributed by atoms with Gasteiger partial charge in [0.1, 0.15) is 13.2 Å². The second-order valence-corrected chi connectivity index (χ2v) is 9.52. The topological polar surface area (TPSA) is 59.1 Å². The number of rotatable bonds is 14. The number of carbonyl (C=O) groups is 2. The molecule has 2 aromatic rings. The average molecular weight is 568 g/mol. The zero-order valence-corrected chi connectivity index (χ0v) is 24.4. The van der Waals surface area contributed by atoms with E-state index in [1.165, 1.54) is 0 Å². The van der Waals surface area contributed by atoms with Crippen LogP contribution in [-0.2, 0) is 19.1 Å². The molecule has 2 atom stereocenters. The molecule has 0 spiro atoms. The first-order valence-electron chi connectivity index (χ1n) is 13.5. The molecule has 1 aliphatic heterocycles. The zero-order valence-electron chi connectivity index (χ0n) is 22.8. The average Bonchev–Trinajstić information content (AvgIpc) is 2.92. The van der Waals surface area contributed by atoms with Crippen LogP contribution in [0.2, 0.25) is 0 Å². The van der Waals surface area contributed by atoms with Crippen LogP contribution in [0.1, 0.15) is 62.5 Å². The van der Waals surface area contributed by atoms with Gasteiger partial charge >= 0.3 is 11.9 Å². The van der Waals surface area contributed by atoms with Crippen molar-refractivity contribution in [1.29, 1.82) is 0 Å². The molecule has 0 bridgehead atoms. The first-order chi connectivity index (χ1) is 17.6. The van der Waals surface area contributed by atoms with Crippen molar-refractivity contribution in [2.75, 3.05) is 52.5 Å². The lowest BCUT2D eigenvalue weighted by Crippen LogP contribution is -2.48. The number of hydrogen-bond donors (Lipinski definition) is 0. The normalized spacial score (nSPS) is 15.4. The minimum absolute atomic E-state index is 0. The molecule has 1 fully saturated rings. The lowest BCUT2D eigenvalue weighted by molar-refractivity contribution is -0.147. The Morgan fingerprint density at radius 1 is 0.658 bits per heavy atom. The third kappa shape index (κ3) is 10.9. The van der Waals surface area contributed by atoms with Crippen molar-refractivity contribution in [2.24, 2.45) is 0 Å². The van der Waals surface area contributed by atoms with Crippen LogP contribution in [0.25, 0.3) is 0 Å². The minimum Gasteiger partial charge on any atom is -0.464 e. The SMILES string of the molecule is CCCC(C(=O)OCCN1CCN(CCOC(=O)C(CCC)c2ccccc2)CC1)c1ccccc1.Cl.Cl. The molecule has 0 aromatic heterocycles. The molecule has 1 saturated heterocycles. The van der Waals surface area contributed by atoms with Gasteiger partial charge in [-0.15, -0.1) is 24.8 Å². The van der Waals surface area contributed by atoms with Crippen molar-refractivity contribution < 1.29 is 19.1 Å². The van der Waals surface area contributed by atoms with Crippen LogP contribution in [0.3, 0.4) is 0 Å². The van der Waals surface area contributed by atoms with E-state index in [0.717, 1.165) is 76.1 Å². The number of esters is 2. The molecule has 212 valence electrons. The molecule has 2 aromatic carbocycles. The van der Waals surface area contributed by atoms with Crippen molar-refractivity contribution in [2.45, 2.75) is 51.4 Å². The maximum absolute atomic E-state index is 12.7. The molecule has 0 amide bonds. The summed E-state index contributed by atoms with van der Waals surface area (Å²) in [6, 6.07) is 19.8. The number of hydrogen-bond acceptors (Lipinski definition) is 6. The fourth-order valence-electron chi connectivity index (χ4n) is 4.78. The molecule has 8 heteroatoms. The van der Waals surface area contributed by atoms with Gasteiger partial charge in [0, 0.05) is 39.3 Å². The number of piperazine rings is 1. The van der Waals surface area contributed by atoms with Crippen molar-refractivity contribution >= 4 is 36.8 Å². The zero-order chi connectivity index (χ0) is 25.6. The highest BCUT2D eigenvalue weighted by molar-refractivity contribution is 5.85. The molecular formula is C30H44Cl2N2O4. The molecule has 0 N–H and O–H groups in total. The lowest BCUT2D eigenvalue weighted by atomic mass is 9.95. The number of benzene rings is 2. The summed E-state index contributed by atoms with van der Waals surface area (Å²) in [6.45, 7) is 10.2. The Morgan fingerprint density at radius 3 is 1.32 bits per heavy atom. The van der Waals surface area contributed by atoms with Gasteiger partial charge in [-0.25, -0.2) is 0 Å². The smallest absolute Gasteiger partial charge is 0.313 e. The second-order valence-electron chi connectivity index (χ2n) is 9.52. The Morgan fingerprint density at radius 2 is 1.00 bits per heavy atom. The van der Waals surface area contributed by atoms with Gasteiger partial charge in [0.2, 0.25) is 0 Å². The van der Waals surface area contributed by atoms with E-state index >= 15 is 0 Å². The molecule has 2 unspecified atom stereocenters. The molecular weight excluding hydrogens is 523 g/mol. The van der Waals surface area contributed by atoms with E-state index in [1.807, 2.05) is 60.7 Å². The molecule has 0 aliphatic carbocycles. The predicted octanol–water partition coefficient (Wildman–Crippen LogP) is 5.70. The van der Waals surface area contributed by atoms with E-state index in [0.29, 0.717) is 13.2 Å². The summed E-state index contributed by atoms with van der Waals surface area (Å²) in [4.78, 5) is 30.0. The molecule has 6 nitrogen and oxygen atoms in total. The Bertz CT molecular complexity index is 833. The van der Waals surface area contributed by atoms with E-state index in [9.17, 15) is 9.59 Å². The first-order valence-corrected chi connectivity index (χ1v) is 13.5. The highest BCUT2D eigenvalue weighted by atomic mass is 35.5. The second kappa shape index (κ2) is 19.0. The Balaban J connectivity index is 0.00000361. The molecule has 0 saturated carbocycles. The summed E-state index contributed by atoms with van der Waals surface area (Å²) >= 11 is 0. The van der Waals surface area contributed by atoms with Gasteiger partial charge in [0.05, 0.1) is 11.8 Å². The summed E-state index contributed by atoms with van der Waals surface area (Å²) in [5, 5.41) is 0. The van der Waals surface area contributed by atoms with Crippen LogP contribution < -0.4 is 0 Å². The maximum atomic E-state index is 12.7. The van der Waals surface area contributed by atoms with Crippen LogP contribution in [0.4, 0.5) is 0 Å².